The van der Waals surface area contributed by atoms with Gasteiger partial charge in [0.2, 0.25) is 5.91 Å². The molecule has 0 atom stereocenters. The molecule has 0 aliphatic heterocycles. The SMILES string of the molecule is CC(C)CN(C(=O)CN(Cc1ccccc1F)C1CC1)C1CC1. The summed E-state index contributed by atoms with van der Waals surface area (Å²) < 4.78 is 13.9. The number of carbonyl (C=O) groups excluding carboxylic acids is 1. The molecule has 2 saturated carbocycles. The maximum absolute atomic E-state index is 13.9. The first-order valence-electron chi connectivity index (χ1n) is 8.81. The average Bonchev–Trinajstić information content (AvgIpc) is 3.38. The Morgan fingerprint density at radius 1 is 1.17 bits per heavy atom. The Morgan fingerprint density at radius 2 is 1.83 bits per heavy atom. The van der Waals surface area contributed by atoms with E-state index in [1.807, 2.05) is 12.1 Å². The monoisotopic (exact) mass is 318 g/mol. The molecule has 0 N–H and O–H groups in total. The summed E-state index contributed by atoms with van der Waals surface area (Å²) in [5.41, 5.74) is 0.689. The molecule has 0 spiro atoms. The number of amides is 1. The molecule has 3 nitrogen and oxygen atoms in total. The van der Waals surface area contributed by atoms with Crippen molar-refractivity contribution in [2.75, 3.05) is 13.1 Å². The summed E-state index contributed by atoms with van der Waals surface area (Å²) in [5.74, 6) is 0.525. The quantitative estimate of drug-likeness (QED) is 0.733. The van der Waals surface area contributed by atoms with Crippen LogP contribution >= 0.6 is 0 Å². The van der Waals surface area contributed by atoms with E-state index in [1.165, 1.54) is 6.07 Å². The molecule has 1 aromatic carbocycles. The van der Waals surface area contributed by atoms with Crippen LogP contribution in [-0.2, 0) is 11.3 Å². The minimum atomic E-state index is -0.174. The maximum atomic E-state index is 13.9. The summed E-state index contributed by atoms with van der Waals surface area (Å²) in [7, 11) is 0. The van der Waals surface area contributed by atoms with E-state index in [0.717, 1.165) is 32.2 Å². The van der Waals surface area contributed by atoms with Gasteiger partial charge in [0, 0.05) is 30.7 Å². The van der Waals surface area contributed by atoms with E-state index >= 15 is 0 Å². The Hall–Kier alpha value is -1.42. The van der Waals surface area contributed by atoms with E-state index in [2.05, 4.69) is 23.6 Å². The molecule has 0 saturated heterocycles. The van der Waals surface area contributed by atoms with Crippen molar-refractivity contribution >= 4 is 5.91 Å². The Morgan fingerprint density at radius 3 is 2.39 bits per heavy atom. The van der Waals surface area contributed by atoms with Crippen LogP contribution in [0, 0.1) is 11.7 Å². The van der Waals surface area contributed by atoms with Gasteiger partial charge in [-0.15, -0.1) is 0 Å². The van der Waals surface area contributed by atoms with Gasteiger partial charge in [-0.25, -0.2) is 4.39 Å². The first-order chi connectivity index (χ1) is 11.0. The van der Waals surface area contributed by atoms with Gasteiger partial charge in [0.1, 0.15) is 5.82 Å². The molecule has 0 radical (unpaired) electrons. The predicted octanol–water partition coefficient (Wildman–Crippen LogP) is 3.44. The van der Waals surface area contributed by atoms with Crippen molar-refractivity contribution in [3.05, 3.63) is 35.6 Å². The highest BCUT2D eigenvalue weighted by atomic mass is 19.1. The molecule has 0 bridgehead atoms. The van der Waals surface area contributed by atoms with Gasteiger partial charge in [0.05, 0.1) is 6.54 Å². The van der Waals surface area contributed by atoms with Crippen molar-refractivity contribution in [2.24, 2.45) is 5.92 Å². The van der Waals surface area contributed by atoms with Crippen LogP contribution in [0.5, 0.6) is 0 Å². The van der Waals surface area contributed by atoms with Gasteiger partial charge in [0.15, 0.2) is 0 Å². The van der Waals surface area contributed by atoms with Crippen molar-refractivity contribution in [1.82, 2.24) is 9.80 Å². The van der Waals surface area contributed by atoms with Crippen molar-refractivity contribution < 1.29 is 9.18 Å². The maximum Gasteiger partial charge on any atom is 0.237 e. The van der Waals surface area contributed by atoms with E-state index < -0.39 is 0 Å². The Labute approximate surface area is 138 Å². The van der Waals surface area contributed by atoms with Crippen LogP contribution in [0.2, 0.25) is 0 Å². The molecule has 0 unspecified atom stereocenters. The number of nitrogens with zero attached hydrogens (tertiary/aromatic N) is 2. The topological polar surface area (TPSA) is 23.6 Å². The third-order valence-corrected chi connectivity index (χ3v) is 4.60. The van der Waals surface area contributed by atoms with Gasteiger partial charge < -0.3 is 4.90 Å². The average molecular weight is 318 g/mol. The summed E-state index contributed by atoms with van der Waals surface area (Å²) in [6, 6.07) is 7.78. The second kappa shape index (κ2) is 7.00. The largest absolute Gasteiger partial charge is 0.338 e. The molecular weight excluding hydrogens is 291 g/mol. The fraction of sp³-hybridized carbons (Fsp3) is 0.632. The molecule has 0 heterocycles. The number of carbonyl (C=O) groups is 1. The zero-order chi connectivity index (χ0) is 16.4. The van der Waals surface area contributed by atoms with Gasteiger partial charge in [-0.3, -0.25) is 9.69 Å². The number of halogens is 1. The Bertz CT molecular complexity index is 552. The lowest BCUT2D eigenvalue weighted by Gasteiger charge is -2.29. The molecule has 23 heavy (non-hydrogen) atoms. The summed E-state index contributed by atoms with van der Waals surface area (Å²) in [4.78, 5) is 17.0. The van der Waals surface area contributed by atoms with Gasteiger partial charge in [-0.2, -0.15) is 0 Å². The minimum Gasteiger partial charge on any atom is -0.338 e. The summed E-state index contributed by atoms with van der Waals surface area (Å²) in [6.07, 6.45) is 4.51. The fourth-order valence-electron chi connectivity index (χ4n) is 3.10. The van der Waals surface area contributed by atoms with Gasteiger partial charge >= 0.3 is 0 Å². The van der Waals surface area contributed by atoms with Gasteiger partial charge in [-0.05, 0) is 37.7 Å². The Balaban J connectivity index is 1.64. The zero-order valence-electron chi connectivity index (χ0n) is 14.2. The molecule has 2 fully saturated rings. The van der Waals surface area contributed by atoms with E-state index in [4.69, 9.17) is 0 Å². The molecule has 1 amide bonds. The number of hydrogen-bond donors (Lipinski definition) is 0. The highest BCUT2D eigenvalue weighted by Crippen LogP contribution is 2.31. The summed E-state index contributed by atoms with van der Waals surface area (Å²) in [6.45, 7) is 6.09. The molecule has 4 heteroatoms. The second-order valence-corrected chi connectivity index (χ2v) is 7.40. The van der Waals surface area contributed by atoms with Crippen LogP contribution in [0.15, 0.2) is 24.3 Å². The molecule has 2 aliphatic rings. The highest BCUT2D eigenvalue weighted by molar-refractivity contribution is 5.79. The standard InChI is InChI=1S/C19H27FN2O/c1-14(2)11-22(17-9-10-17)19(23)13-21(16-7-8-16)12-15-5-3-4-6-18(15)20/h3-6,14,16-17H,7-13H2,1-2H3. The number of benzene rings is 1. The highest BCUT2D eigenvalue weighted by Gasteiger charge is 2.36. The van der Waals surface area contributed by atoms with E-state index in [9.17, 15) is 9.18 Å². The van der Waals surface area contributed by atoms with E-state index in [-0.39, 0.29) is 11.7 Å². The molecule has 3 rings (SSSR count). The van der Waals surface area contributed by atoms with Gasteiger partial charge in [-0.1, -0.05) is 32.0 Å². The predicted molar refractivity (Wildman–Crippen MR) is 89.4 cm³/mol. The molecule has 0 aromatic heterocycles. The van der Waals surface area contributed by atoms with Crippen molar-refractivity contribution in [1.29, 1.82) is 0 Å². The van der Waals surface area contributed by atoms with Crippen LogP contribution in [0.1, 0.15) is 45.1 Å². The number of hydrogen-bond acceptors (Lipinski definition) is 2. The summed E-state index contributed by atoms with van der Waals surface area (Å²) in [5, 5.41) is 0. The molecule has 126 valence electrons. The second-order valence-electron chi connectivity index (χ2n) is 7.40. The third-order valence-electron chi connectivity index (χ3n) is 4.60. The van der Waals surface area contributed by atoms with Gasteiger partial charge in [0.25, 0.3) is 0 Å². The van der Waals surface area contributed by atoms with E-state index in [0.29, 0.717) is 36.7 Å². The summed E-state index contributed by atoms with van der Waals surface area (Å²) >= 11 is 0. The minimum absolute atomic E-state index is 0.174. The molecule has 2 aliphatic carbocycles. The van der Waals surface area contributed by atoms with E-state index in [1.54, 1.807) is 6.07 Å². The Kier molecular flexibility index (Phi) is 5.00. The lowest BCUT2D eigenvalue weighted by Crippen LogP contribution is -2.43. The van der Waals surface area contributed by atoms with Crippen LogP contribution in [0.4, 0.5) is 4.39 Å². The van der Waals surface area contributed by atoms with Crippen LogP contribution in [0.25, 0.3) is 0 Å². The van der Waals surface area contributed by atoms with Crippen molar-refractivity contribution in [3.63, 3.8) is 0 Å². The molecular formula is C19H27FN2O. The third kappa shape index (κ3) is 4.54. The first-order valence-corrected chi connectivity index (χ1v) is 8.81. The normalized spacial score (nSPS) is 17.8. The van der Waals surface area contributed by atoms with Crippen LogP contribution < -0.4 is 0 Å². The van der Waals surface area contributed by atoms with Crippen LogP contribution in [0.3, 0.4) is 0 Å². The first kappa shape index (κ1) is 16.4. The number of rotatable bonds is 8. The lowest BCUT2D eigenvalue weighted by molar-refractivity contribution is -0.133. The lowest BCUT2D eigenvalue weighted by atomic mass is 10.2. The zero-order valence-corrected chi connectivity index (χ0v) is 14.2. The molecule has 1 aromatic rings. The fourth-order valence-corrected chi connectivity index (χ4v) is 3.10. The van der Waals surface area contributed by atoms with Crippen LogP contribution in [-0.4, -0.2) is 40.9 Å². The van der Waals surface area contributed by atoms with Crippen molar-refractivity contribution in [3.8, 4) is 0 Å². The van der Waals surface area contributed by atoms with Crippen molar-refractivity contribution in [2.45, 2.75) is 58.2 Å². The smallest absolute Gasteiger partial charge is 0.237 e.